The second kappa shape index (κ2) is 11.3. The molecule has 2 amide bonds. The van der Waals surface area contributed by atoms with Gasteiger partial charge in [-0.05, 0) is 54.5 Å². The topological polar surface area (TPSA) is 120 Å². The first-order valence-electron chi connectivity index (χ1n) is 10.7. The number of carbonyl (C=O) groups is 2. The fraction of sp³-hybridized carbons (Fsp3) is 0.364. The SMILES string of the molecule is CC(C)C[C@@H](NC(=O)c1cc2sccc2[nH]1)C(=O)NCCCNS(=O)(=O)c1ccc(F)cc1Cl. The Bertz CT molecular complexity index is 1240. The molecule has 34 heavy (non-hydrogen) atoms. The van der Waals surface area contributed by atoms with E-state index in [9.17, 15) is 22.4 Å². The summed E-state index contributed by atoms with van der Waals surface area (Å²) in [5.41, 5.74) is 1.25. The second-order valence-corrected chi connectivity index (χ2v) is 11.2. The van der Waals surface area contributed by atoms with Gasteiger partial charge in [-0.1, -0.05) is 25.4 Å². The Labute approximate surface area is 206 Å². The minimum Gasteiger partial charge on any atom is -0.354 e. The number of amides is 2. The second-order valence-electron chi connectivity index (χ2n) is 8.15. The number of benzene rings is 1. The molecule has 0 fully saturated rings. The summed E-state index contributed by atoms with van der Waals surface area (Å²) in [6.45, 7) is 4.14. The van der Waals surface area contributed by atoms with E-state index in [-0.39, 0.29) is 40.7 Å². The molecule has 0 aliphatic carbocycles. The molecule has 2 heterocycles. The summed E-state index contributed by atoms with van der Waals surface area (Å²) in [5, 5.41) is 7.23. The lowest BCUT2D eigenvalue weighted by molar-refractivity contribution is -0.123. The van der Waals surface area contributed by atoms with E-state index in [1.165, 1.54) is 11.3 Å². The number of thiophene rings is 1. The predicted molar refractivity (Wildman–Crippen MR) is 131 cm³/mol. The van der Waals surface area contributed by atoms with Gasteiger partial charge in [0.2, 0.25) is 15.9 Å². The number of rotatable bonds is 11. The summed E-state index contributed by atoms with van der Waals surface area (Å²) >= 11 is 7.34. The van der Waals surface area contributed by atoms with E-state index in [0.29, 0.717) is 18.5 Å². The lowest BCUT2D eigenvalue weighted by Gasteiger charge is -2.20. The number of hydrogen-bond acceptors (Lipinski definition) is 5. The lowest BCUT2D eigenvalue weighted by atomic mass is 10.0. The van der Waals surface area contributed by atoms with Gasteiger partial charge in [0.1, 0.15) is 22.4 Å². The van der Waals surface area contributed by atoms with Crippen LogP contribution in [0.25, 0.3) is 10.2 Å². The third-order valence-corrected chi connectivity index (χ3v) is 7.75. The van der Waals surface area contributed by atoms with Gasteiger partial charge in [-0.2, -0.15) is 0 Å². The van der Waals surface area contributed by atoms with E-state index in [2.05, 4.69) is 20.3 Å². The Kier molecular flexibility index (Phi) is 8.69. The van der Waals surface area contributed by atoms with Crippen LogP contribution in [0.1, 0.15) is 37.2 Å². The van der Waals surface area contributed by atoms with Gasteiger partial charge in [-0.15, -0.1) is 11.3 Å². The maximum Gasteiger partial charge on any atom is 0.268 e. The molecule has 0 aliphatic heterocycles. The molecule has 0 aliphatic rings. The quantitative estimate of drug-likeness (QED) is 0.284. The minimum absolute atomic E-state index is 0.0384. The fourth-order valence-electron chi connectivity index (χ4n) is 3.31. The van der Waals surface area contributed by atoms with Gasteiger partial charge in [0.25, 0.3) is 5.91 Å². The zero-order chi connectivity index (χ0) is 24.9. The first-order valence-corrected chi connectivity index (χ1v) is 13.4. The van der Waals surface area contributed by atoms with Crippen LogP contribution in [0.15, 0.2) is 40.6 Å². The van der Waals surface area contributed by atoms with Crippen molar-refractivity contribution in [1.82, 2.24) is 20.3 Å². The van der Waals surface area contributed by atoms with E-state index in [1.807, 2.05) is 25.3 Å². The van der Waals surface area contributed by atoms with Gasteiger partial charge < -0.3 is 15.6 Å². The molecule has 1 atom stereocenters. The predicted octanol–water partition coefficient (Wildman–Crippen LogP) is 3.65. The van der Waals surface area contributed by atoms with Crippen LogP contribution < -0.4 is 15.4 Å². The number of sulfonamides is 1. The number of carbonyl (C=O) groups excluding carboxylic acids is 2. The van der Waals surface area contributed by atoms with Crippen LogP contribution >= 0.6 is 22.9 Å². The van der Waals surface area contributed by atoms with Crippen LogP contribution in [-0.2, 0) is 14.8 Å². The van der Waals surface area contributed by atoms with E-state index in [4.69, 9.17) is 11.6 Å². The molecule has 3 rings (SSSR count). The molecular weight excluding hydrogens is 503 g/mol. The lowest BCUT2D eigenvalue weighted by Crippen LogP contribution is -2.48. The molecule has 3 aromatic rings. The summed E-state index contributed by atoms with van der Waals surface area (Å²) in [7, 11) is -3.91. The van der Waals surface area contributed by atoms with Crippen molar-refractivity contribution in [3.63, 3.8) is 0 Å². The fourth-order valence-corrected chi connectivity index (χ4v) is 5.70. The van der Waals surface area contributed by atoms with Gasteiger partial charge in [0.15, 0.2) is 0 Å². The Balaban J connectivity index is 1.50. The van der Waals surface area contributed by atoms with Crippen molar-refractivity contribution >= 4 is 55.0 Å². The summed E-state index contributed by atoms with van der Waals surface area (Å²) < 4.78 is 41.2. The van der Waals surface area contributed by atoms with Gasteiger partial charge in [0, 0.05) is 13.1 Å². The number of halogens is 2. The zero-order valence-electron chi connectivity index (χ0n) is 18.7. The van der Waals surface area contributed by atoms with Gasteiger partial charge >= 0.3 is 0 Å². The molecule has 0 saturated carbocycles. The smallest absolute Gasteiger partial charge is 0.268 e. The van der Waals surface area contributed by atoms with E-state index in [0.717, 1.165) is 28.4 Å². The van der Waals surface area contributed by atoms with Crippen molar-refractivity contribution in [2.75, 3.05) is 13.1 Å². The molecule has 1 aromatic carbocycles. The van der Waals surface area contributed by atoms with E-state index < -0.39 is 21.9 Å². The Morgan fingerprint density at radius 3 is 2.62 bits per heavy atom. The molecule has 8 nitrogen and oxygen atoms in total. The zero-order valence-corrected chi connectivity index (χ0v) is 21.0. The Morgan fingerprint density at radius 2 is 1.94 bits per heavy atom. The third kappa shape index (κ3) is 6.78. The summed E-state index contributed by atoms with van der Waals surface area (Å²) in [4.78, 5) is 28.2. The van der Waals surface area contributed by atoms with E-state index >= 15 is 0 Å². The highest BCUT2D eigenvalue weighted by Gasteiger charge is 2.23. The molecule has 0 saturated heterocycles. The summed E-state index contributed by atoms with van der Waals surface area (Å²) in [6, 6.07) is 5.93. The number of aromatic amines is 1. The Morgan fingerprint density at radius 1 is 1.18 bits per heavy atom. The molecule has 4 N–H and O–H groups in total. The molecule has 2 aromatic heterocycles. The van der Waals surface area contributed by atoms with Crippen molar-refractivity contribution in [3.05, 3.63) is 52.2 Å². The van der Waals surface area contributed by atoms with Crippen LogP contribution in [0.2, 0.25) is 5.02 Å². The number of H-pyrrole nitrogens is 1. The number of nitrogens with one attached hydrogen (secondary N) is 4. The standard InChI is InChI=1S/C22H26ClFN4O4S2/c1-13(2)10-17(28-22(30)18-12-19-16(27-18)6-9-33-19)21(29)25-7-3-8-26-34(31,32)20-5-4-14(24)11-15(20)23/h4-6,9,11-13,17,26-27H,3,7-8,10H2,1-2H3,(H,25,29)(H,28,30)/t17-/m1/s1. The average molecular weight is 529 g/mol. The number of hydrogen-bond donors (Lipinski definition) is 4. The summed E-state index contributed by atoms with van der Waals surface area (Å²) in [6.07, 6.45) is 0.751. The minimum atomic E-state index is -3.91. The molecule has 0 unspecified atom stereocenters. The van der Waals surface area contributed by atoms with Crippen LogP contribution in [0, 0.1) is 11.7 Å². The first kappa shape index (κ1) is 26.1. The number of fused-ring (bicyclic) bond motifs is 1. The van der Waals surface area contributed by atoms with Gasteiger partial charge in [0.05, 0.1) is 15.2 Å². The van der Waals surface area contributed by atoms with Crippen molar-refractivity contribution < 1.29 is 22.4 Å². The van der Waals surface area contributed by atoms with Crippen molar-refractivity contribution in [2.24, 2.45) is 5.92 Å². The highest BCUT2D eigenvalue weighted by atomic mass is 35.5. The van der Waals surface area contributed by atoms with Crippen molar-refractivity contribution in [2.45, 2.75) is 37.6 Å². The normalized spacial score (nSPS) is 12.7. The Hall–Kier alpha value is -2.47. The maximum absolute atomic E-state index is 13.1. The van der Waals surface area contributed by atoms with Crippen molar-refractivity contribution in [3.8, 4) is 0 Å². The van der Waals surface area contributed by atoms with Crippen LogP contribution in [-0.4, -0.2) is 44.3 Å². The molecule has 184 valence electrons. The van der Waals surface area contributed by atoms with Crippen LogP contribution in [0.4, 0.5) is 4.39 Å². The molecule has 0 bridgehead atoms. The third-order valence-electron chi connectivity index (χ3n) is 4.94. The van der Waals surface area contributed by atoms with Crippen molar-refractivity contribution in [1.29, 1.82) is 0 Å². The molecule has 0 spiro atoms. The molecule has 12 heteroatoms. The largest absolute Gasteiger partial charge is 0.354 e. The monoisotopic (exact) mass is 528 g/mol. The highest BCUT2D eigenvalue weighted by Crippen LogP contribution is 2.22. The van der Waals surface area contributed by atoms with E-state index in [1.54, 1.807) is 6.07 Å². The molecular formula is C22H26ClFN4O4S2. The number of aromatic nitrogens is 1. The van der Waals surface area contributed by atoms with Gasteiger partial charge in [-0.3, -0.25) is 9.59 Å². The maximum atomic E-state index is 13.1. The van der Waals surface area contributed by atoms with Crippen LogP contribution in [0.5, 0.6) is 0 Å². The highest BCUT2D eigenvalue weighted by molar-refractivity contribution is 7.89. The first-order chi connectivity index (χ1) is 16.1. The average Bonchev–Trinajstić information content (AvgIpc) is 3.34. The molecule has 0 radical (unpaired) electrons. The van der Waals surface area contributed by atoms with Gasteiger partial charge in [-0.25, -0.2) is 17.5 Å². The van der Waals surface area contributed by atoms with Crippen LogP contribution in [0.3, 0.4) is 0 Å². The summed E-state index contributed by atoms with van der Waals surface area (Å²) in [5.74, 6) is -1.19.